The highest BCUT2D eigenvalue weighted by atomic mass is 28.3. The van der Waals surface area contributed by atoms with Gasteiger partial charge in [-0.05, 0) is 73.8 Å². The SMILES string of the molecule is [2H]c1c([2H])c([2H])c([Si](c2ccccc2)(c2ccccc2)c2cc(-c3ccccc3)c(-n3c4ccccc4c4cc(-c5c([2H])c([2H])c([2H])c6c7c([2H])c([2H])c([2H])c([2H])c7n(-c7ccccc7)c56)ccc43)c(-c3ccccc3)c2)c([2H])c1[2H]. The maximum atomic E-state index is 9.78. The second-order valence-corrected chi connectivity index (χ2v) is 20.8. The second kappa shape index (κ2) is 16.8. The summed E-state index contributed by atoms with van der Waals surface area (Å²) < 4.78 is 115. The fourth-order valence-corrected chi connectivity index (χ4v) is 15.0. The van der Waals surface area contributed by atoms with E-state index in [4.69, 9.17) is 6.85 Å². The van der Waals surface area contributed by atoms with Gasteiger partial charge in [-0.3, -0.25) is 0 Å². The first kappa shape index (κ1) is 29.8. The highest BCUT2D eigenvalue weighted by molar-refractivity contribution is 7.20. The molecule has 69 heavy (non-hydrogen) atoms. The molecule has 3 heteroatoms. The van der Waals surface area contributed by atoms with Crippen LogP contribution < -0.4 is 20.7 Å². The van der Waals surface area contributed by atoms with E-state index < -0.39 is 38.3 Å². The van der Waals surface area contributed by atoms with Gasteiger partial charge in [0, 0.05) is 43.9 Å². The van der Waals surface area contributed by atoms with Crippen LogP contribution in [0, 0.1) is 0 Å². The van der Waals surface area contributed by atoms with Gasteiger partial charge < -0.3 is 9.13 Å². The van der Waals surface area contributed by atoms with E-state index in [-0.39, 0.29) is 69.3 Å². The van der Waals surface area contributed by atoms with Crippen LogP contribution in [-0.2, 0) is 0 Å². The molecule has 0 bridgehead atoms. The van der Waals surface area contributed by atoms with Crippen molar-refractivity contribution in [2.45, 2.75) is 0 Å². The number of aromatic nitrogens is 2. The Balaban J connectivity index is 1.18. The highest BCUT2D eigenvalue weighted by Crippen LogP contribution is 2.44. The molecule has 0 fully saturated rings. The third-order valence-corrected chi connectivity index (χ3v) is 18.0. The minimum absolute atomic E-state index is 0.0980. The summed E-state index contributed by atoms with van der Waals surface area (Å²) in [6.45, 7) is 0. The Morgan fingerprint density at radius 2 is 0.841 bits per heavy atom. The smallest absolute Gasteiger partial charge is 0.179 e. The lowest BCUT2D eigenvalue weighted by Gasteiger charge is -2.36. The third-order valence-electron chi connectivity index (χ3n) is 13.4. The number of fused-ring (bicyclic) bond motifs is 6. The first-order chi connectivity index (χ1) is 39.2. The first-order valence-corrected chi connectivity index (χ1v) is 24.9. The predicted molar refractivity (Wildman–Crippen MR) is 295 cm³/mol. The average molecular weight is 907 g/mol. The molecule has 0 aliphatic heterocycles. The van der Waals surface area contributed by atoms with E-state index in [1.807, 2.05) is 164 Å². The molecule has 13 rings (SSSR count). The molecule has 0 N–H and O–H groups in total. The molecule has 0 atom stereocenters. The normalized spacial score (nSPS) is 14.2. The van der Waals surface area contributed by atoms with Crippen molar-refractivity contribution in [3.8, 4) is 44.8 Å². The monoisotopic (exact) mass is 906 g/mol. The number of hydrogen-bond donors (Lipinski definition) is 0. The van der Waals surface area contributed by atoms with Crippen molar-refractivity contribution >= 4 is 72.4 Å². The van der Waals surface area contributed by atoms with Gasteiger partial charge in [0.1, 0.15) is 0 Å². The third kappa shape index (κ3) is 6.54. The Hall–Kier alpha value is -8.76. The summed E-state index contributed by atoms with van der Waals surface area (Å²) >= 11 is 0. The van der Waals surface area contributed by atoms with Crippen molar-refractivity contribution in [2.75, 3.05) is 0 Å². The van der Waals surface area contributed by atoms with Crippen LogP contribution in [0.15, 0.2) is 279 Å². The van der Waals surface area contributed by atoms with Gasteiger partial charge in [0.05, 0.1) is 44.2 Å². The Kier molecular flexibility index (Phi) is 7.27. The highest BCUT2D eigenvalue weighted by Gasteiger charge is 2.42. The fourth-order valence-electron chi connectivity index (χ4n) is 10.5. The van der Waals surface area contributed by atoms with Gasteiger partial charge in [-0.15, -0.1) is 0 Å². The topological polar surface area (TPSA) is 9.86 Å². The number of rotatable bonds is 9. The average Bonchev–Trinajstić information content (AvgIpc) is 4.27. The maximum absolute atomic E-state index is 9.78. The van der Waals surface area contributed by atoms with E-state index >= 15 is 0 Å². The second-order valence-electron chi connectivity index (χ2n) is 17.1. The zero-order valence-corrected chi connectivity index (χ0v) is 38.0. The molecule has 13 aromatic rings. The van der Waals surface area contributed by atoms with E-state index in [2.05, 4.69) is 47.0 Å². The van der Waals surface area contributed by atoms with E-state index in [1.54, 1.807) is 4.57 Å². The molecule has 2 nitrogen and oxygen atoms in total. The van der Waals surface area contributed by atoms with Gasteiger partial charge >= 0.3 is 0 Å². The minimum atomic E-state index is -3.96. The molecule has 0 spiro atoms. The quantitative estimate of drug-likeness (QED) is 0.101. The van der Waals surface area contributed by atoms with Crippen molar-refractivity contribution in [2.24, 2.45) is 0 Å². The summed E-state index contributed by atoms with van der Waals surface area (Å²) in [4.78, 5) is 0. The summed E-state index contributed by atoms with van der Waals surface area (Å²) in [6, 6.07) is 62.8. The molecular formula is C66H46N2Si. The van der Waals surface area contributed by atoms with Crippen LogP contribution in [0.4, 0.5) is 0 Å². The van der Waals surface area contributed by atoms with Crippen LogP contribution in [0.1, 0.15) is 16.4 Å². The lowest BCUT2D eigenvalue weighted by Crippen LogP contribution is -2.74. The van der Waals surface area contributed by atoms with Crippen molar-refractivity contribution < 1.29 is 16.4 Å². The molecule has 0 aliphatic rings. The van der Waals surface area contributed by atoms with Crippen molar-refractivity contribution in [3.05, 3.63) is 279 Å². The predicted octanol–water partition coefficient (Wildman–Crippen LogP) is 14.3. The summed E-state index contributed by atoms with van der Waals surface area (Å²) in [5, 5.41) is 4.58. The first-order valence-electron chi connectivity index (χ1n) is 28.9. The molecule has 0 unspecified atom stereocenters. The van der Waals surface area contributed by atoms with Gasteiger partial charge in [-0.2, -0.15) is 0 Å². The largest absolute Gasteiger partial charge is 0.309 e. The summed E-state index contributed by atoms with van der Waals surface area (Å²) in [7, 11) is -3.96. The van der Waals surface area contributed by atoms with E-state index in [9.17, 15) is 9.60 Å². The lowest BCUT2D eigenvalue weighted by molar-refractivity contribution is 1.18. The molecule has 0 amide bonds. The number of para-hydroxylation sites is 4. The zero-order chi connectivity index (χ0) is 56.2. The van der Waals surface area contributed by atoms with Gasteiger partial charge in [0.15, 0.2) is 8.07 Å². The van der Waals surface area contributed by atoms with Gasteiger partial charge in [0.2, 0.25) is 0 Å². The van der Waals surface area contributed by atoms with Gasteiger partial charge in [-0.25, -0.2) is 0 Å². The summed E-state index contributed by atoms with van der Waals surface area (Å²) in [5.74, 6) is 0. The molecule has 11 aromatic carbocycles. The molecule has 0 saturated carbocycles. The van der Waals surface area contributed by atoms with Crippen LogP contribution in [0.3, 0.4) is 0 Å². The van der Waals surface area contributed by atoms with Crippen molar-refractivity contribution in [1.29, 1.82) is 0 Å². The summed E-state index contributed by atoms with van der Waals surface area (Å²) in [6.07, 6.45) is 0. The van der Waals surface area contributed by atoms with Crippen LogP contribution >= 0.6 is 0 Å². The molecular weight excluding hydrogens is 849 g/mol. The number of hydrogen-bond acceptors (Lipinski definition) is 0. The van der Waals surface area contributed by atoms with Crippen LogP contribution in [0.5, 0.6) is 0 Å². The van der Waals surface area contributed by atoms with Crippen LogP contribution in [0.25, 0.3) is 88.4 Å². The molecule has 324 valence electrons. The molecule has 0 radical (unpaired) electrons. The maximum Gasteiger partial charge on any atom is 0.179 e. The Morgan fingerprint density at radius 1 is 0.304 bits per heavy atom. The molecule has 2 aromatic heterocycles. The fraction of sp³-hybridized carbons (Fsp3) is 0. The van der Waals surface area contributed by atoms with Crippen LogP contribution in [0.2, 0.25) is 0 Å². The number of nitrogens with zero attached hydrogens (tertiary/aromatic N) is 2. The Morgan fingerprint density at radius 3 is 1.49 bits per heavy atom. The number of benzene rings is 11. The minimum Gasteiger partial charge on any atom is -0.309 e. The summed E-state index contributed by atoms with van der Waals surface area (Å²) in [5.41, 5.74) is 7.61. The lowest BCUT2D eigenvalue weighted by atomic mass is 9.95. The Labute approximate surface area is 420 Å². The van der Waals surface area contributed by atoms with Crippen molar-refractivity contribution in [3.63, 3.8) is 0 Å². The molecule has 0 aliphatic carbocycles. The van der Waals surface area contributed by atoms with E-state index in [1.165, 1.54) is 0 Å². The van der Waals surface area contributed by atoms with Crippen LogP contribution in [-0.4, -0.2) is 17.2 Å². The molecule has 0 saturated heterocycles. The van der Waals surface area contributed by atoms with Crippen molar-refractivity contribution in [1.82, 2.24) is 9.13 Å². The van der Waals surface area contributed by atoms with E-state index in [0.29, 0.717) is 16.8 Å². The Bertz CT molecular complexity index is 4580. The van der Waals surface area contributed by atoms with Gasteiger partial charge in [-0.1, -0.05) is 242 Å². The van der Waals surface area contributed by atoms with E-state index in [0.717, 1.165) is 65.3 Å². The van der Waals surface area contributed by atoms with Gasteiger partial charge in [0.25, 0.3) is 0 Å². The molecule has 2 heterocycles. The standard InChI is InChI=1S/C66H46N2Si/c1-7-24-47(25-8-1)59-45-54(69(51-30-13-4-14-31-51,52-32-15-5-16-33-52)53-34-17-6-18-35-53)46-60(48-26-9-2-10-27-48)66(59)68-63-41-22-20-37-57(63)61-44-49(42-43-64(61)68)55-38-23-39-58-56-36-19-21-40-62(56)67(65(55)58)50-28-11-3-12-29-50/h1-46H/i4D,13D,14D,19D,21D,23D,30D,31D,36D,38D,39D,40D. The zero-order valence-electron chi connectivity index (χ0n) is 49.0.